The van der Waals surface area contributed by atoms with Crippen LogP contribution in [0.5, 0.6) is 5.75 Å². The van der Waals surface area contributed by atoms with E-state index in [4.69, 9.17) is 5.73 Å². The zero-order valence-corrected chi connectivity index (χ0v) is 8.44. The lowest BCUT2D eigenvalue weighted by Gasteiger charge is -2.06. The predicted octanol–water partition coefficient (Wildman–Crippen LogP) is 2.34. The molecule has 1 aromatic heterocycles. The van der Waals surface area contributed by atoms with E-state index in [0.717, 1.165) is 11.1 Å². The summed E-state index contributed by atoms with van der Waals surface area (Å²) in [4.78, 5) is 4.01. The number of rotatable bonds is 1. The Balaban J connectivity index is 2.59. The van der Waals surface area contributed by atoms with E-state index in [2.05, 4.69) is 4.98 Å². The molecule has 0 aliphatic rings. The van der Waals surface area contributed by atoms with Gasteiger partial charge >= 0.3 is 0 Å². The summed E-state index contributed by atoms with van der Waals surface area (Å²) < 4.78 is 0. The largest absolute Gasteiger partial charge is 0.505 e. The highest BCUT2D eigenvalue weighted by Crippen LogP contribution is 2.31. The van der Waals surface area contributed by atoms with Crippen molar-refractivity contribution in [3.8, 4) is 16.9 Å². The highest BCUT2D eigenvalue weighted by molar-refractivity contribution is 5.73. The fourth-order valence-corrected chi connectivity index (χ4v) is 1.50. The van der Waals surface area contributed by atoms with Gasteiger partial charge in [-0.3, -0.25) is 4.98 Å². The average molecular weight is 200 g/mol. The number of anilines is 1. The number of aryl methyl sites for hydroxylation is 1. The van der Waals surface area contributed by atoms with Gasteiger partial charge in [0.15, 0.2) is 0 Å². The Labute approximate surface area is 88.2 Å². The number of nitrogen functional groups attached to an aromatic ring is 1. The number of aromatic hydroxyl groups is 1. The van der Waals surface area contributed by atoms with E-state index in [1.54, 1.807) is 19.2 Å². The van der Waals surface area contributed by atoms with E-state index < -0.39 is 0 Å². The summed E-state index contributed by atoms with van der Waals surface area (Å²) in [6.45, 7) is 1.77. The van der Waals surface area contributed by atoms with Crippen molar-refractivity contribution in [3.63, 3.8) is 0 Å². The van der Waals surface area contributed by atoms with Gasteiger partial charge in [0.25, 0.3) is 0 Å². The normalized spacial score (nSPS) is 10.2. The summed E-state index contributed by atoms with van der Waals surface area (Å²) >= 11 is 0. The minimum Gasteiger partial charge on any atom is -0.505 e. The molecule has 0 atom stereocenters. The van der Waals surface area contributed by atoms with E-state index in [0.29, 0.717) is 11.4 Å². The SMILES string of the molecule is Cc1nccc(-c2cccc(N)c2)c1O. The molecule has 2 rings (SSSR count). The van der Waals surface area contributed by atoms with Gasteiger partial charge in [0.2, 0.25) is 0 Å². The van der Waals surface area contributed by atoms with Crippen molar-refractivity contribution in [2.45, 2.75) is 6.92 Å². The van der Waals surface area contributed by atoms with Crippen LogP contribution in [0.2, 0.25) is 0 Å². The average Bonchev–Trinajstić information content (AvgIpc) is 2.22. The Kier molecular flexibility index (Phi) is 2.29. The third kappa shape index (κ3) is 1.76. The van der Waals surface area contributed by atoms with Gasteiger partial charge in [0.05, 0.1) is 5.69 Å². The molecule has 0 unspecified atom stereocenters. The lowest BCUT2D eigenvalue weighted by atomic mass is 10.0. The number of hydrogen-bond donors (Lipinski definition) is 2. The molecule has 0 radical (unpaired) electrons. The van der Waals surface area contributed by atoms with Crippen LogP contribution in [-0.4, -0.2) is 10.1 Å². The molecular formula is C12H12N2O. The summed E-state index contributed by atoms with van der Waals surface area (Å²) in [6, 6.07) is 9.19. The number of benzene rings is 1. The van der Waals surface area contributed by atoms with Crippen LogP contribution in [0, 0.1) is 6.92 Å². The van der Waals surface area contributed by atoms with Crippen LogP contribution in [0.25, 0.3) is 11.1 Å². The molecule has 76 valence electrons. The van der Waals surface area contributed by atoms with Crippen molar-refractivity contribution >= 4 is 5.69 Å². The molecule has 3 N–H and O–H groups in total. The summed E-state index contributed by atoms with van der Waals surface area (Å²) in [5, 5.41) is 9.84. The topological polar surface area (TPSA) is 59.1 Å². The van der Waals surface area contributed by atoms with E-state index in [-0.39, 0.29) is 5.75 Å². The van der Waals surface area contributed by atoms with Gasteiger partial charge in [-0.05, 0) is 30.7 Å². The van der Waals surface area contributed by atoms with Crippen LogP contribution >= 0.6 is 0 Å². The number of nitrogens with two attached hydrogens (primary N) is 1. The van der Waals surface area contributed by atoms with Crippen LogP contribution in [-0.2, 0) is 0 Å². The second-order valence-corrected chi connectivity index (χ2v) is 3.42. The molecule has 0 amide bonds. The van der Waals surface area contributed by atoms with Gasteiger partial charge in [-0.1, -0.05) is 12.1 Å². The van der Waals surface area contributed by atoms with Crippen molar-refractivity contribution < 1.29 is 5.11 Å². The summed E-state index contributed by atoms with van der Waals surface area (Å²) in [5.74, 6) is 0.211. The molecule has 0 aliphatic heterocycles. The summed E-state index contributed by atoms with van der Waals surface area (Å²) in [6.07, 6.45) is 1.67. The molecule has 0 fully saturated rings. The van der Waals surface area contributed by atoms with Crippen molar-refractivity contribution in [1.82, 2.24) is 4.98 Å². The lowest BCUT2D eigenvalue weighted by molar-refractivity contribution is 0.470. The third-order valence-electron chi connectivity index (χ3n) is 2.30. The molecule has 3 heteroatoms. The summed E-state index contributed by atoms with van der Waals surface area (Å²) in [7, 11) is 0. The monoisotopic (exact) mass is 200 g/mol. The minimum absolute atomic E-state index is 0.211. The Hall–Kier alpha value is -2.03. The zero-order chi connectivity index (χ0) is 10.8. The van der Waals surface area contributed by atoms with E-state index in [1.165, 1.54) is 0 Å². The fourth-order valence-electron chi connectivity index (χ4n) is 1.50. The van der Waals surface area contributed by atoms with Crippen molar-refractivity contribution in [2.24, 2.45) is 0 Å². The van der Waals surface area contributed by atoms with Gasteiger partial charge < -0.3 is 10.8 Å². The zero-order valence-electron chi connectivity index (χ0n) is 8.44. The molecule has 0 saturated carbocycles. The van der Waals surface area contributed by atoms with Gasteiger partial charge in [-0.15, -0.1) is 0 Å². The van der Waals surface area contributed by atoms with Crippen molar-refractivity contribution in [3.05, 3.63) is 42.2 Å². The van der Waals surface area contributed by atoms with Crippen LogP contribution < -0.4 is 5.73 Å². The highest BCUT2D eigenvalue weighted by atomic mass is 16.3. The summed E-state index contributed by atoms with van der Waals surface area (Å²) in [5.41, 5.74) is 8.65. The van der Waals surface area contributed by atoms with Gasteiger partial charge in [-0.25, -0.2) is 0 Å². The number of hydrogen-bond acceptors (Lipinski definition) is 3. The minimum atomic E-state index is 0.211. The second-order valence-electron chi connectivity index (χ2n) is 3.42. The first-order valence-electron chi connectivity index (χ1n) is 4.69. The van der Waals surface area contributed by atoms with E-state index >= 15 is 0 Å². The van der Waals surface area contributed by atoms with Crippen LogP contribution in [0.4, 0.5) is 5.69 Å². The maximum Gasteiger partial charge on any atom is 0.144 e. The van der Waals surface area contributed by atoms with Gasteiger partial charge in [0, 0.05) is 17.4 Å². The standard InChI is InChI=1S/C12H12N2O/c1-8-12(15)11(5-6-14-8)9-3-2-4-10(13)7-9/h2-7,15H,13H2,1H3. The quantitative estimate of drug-likeness (QED) is 0.694. The first-order chi connectivity index (χ1) is 7.18. The predicted molar refractivity (Wildman–Crippen MR) is 60.5 cm³/mol. The molecular weight excluding hydrogens is 188 g/mol. The third-order valence-corrected chi connectivity index (χ3v) is 2.30. The smallest absolute Gasteiger partial charge is 0.144 e. The molecule has 2 aromatic rings. The molecule has 1 aromatic carbocycles. The number of pyridine rings is 1. The maximum absolute atomic E-state index is 9.84. The Morgan fingerprint density at radius 3 is 2.80 bits per heavy atom. The van der Waals surface area contributed by atoms with Crippen LogP contribution in [0.15, 0.2) is 36.5 Å². The van der Waals surface area contributed by atoms with Gasteiger partial charge in [-0.2, -0.15) is 0 Å². The molecule has 0 bridgehead atoms. The molecule has 0 spiro atoms. The van der Waals surface area contributed by atoms with Crippen LogP contribution in [0.1, 0.15) is 5.69 Å². The fraction of sp³-hybridized carbons (Fsp3) is 0.0833. The first-order valence-corrected chi connectivity index (χ1v) is 4.69. The number of nitrogens with zero attached hydrogens (tertiary/aromatic N) is 1. The van der Waals surface area contributed by atoms with Crippen molar-refractivity contribution in [1.29, 1.82) is 0 Å². The molecule has 0 aliphatic carbocycles. The Bertz CT molecular complexity index is 495. The lowest BCUT2D eigenvalue weighted by Crippen LogP contribution is -1.88. The molecule has 0 saturated heterocycles. The molecule has 3 nitrogen and oxygen atoms in total. The molecule has 15 heavy (non-hydrogen) atoms. The Morgan fingerprint density at radius 1 is 1.27 bits per heavy atom. The Morgan fingerprint density at radius 2 is 2.07 bits per heavy atom. The molecule has 1 heterocycles. The van der Waals surface area contributed by atoms with Gasteiger partial charge in [0.1, 0.15) is 5.75 Å². The second kappa shape index (κ2) is 3.61. The highest BCUT2D eigenvalue weighted by Gasteiger charge is 2.06. The van der Waals surface area contributed by atoms with E-state index in [1.807, 2.05) is 24.3 Å². The maximum atomic E-state index is 9.84. The van der Waals surface area contributed by atoms with E-state index in [9.17, 15) is 5.11 Å². The van der Waals surface area contributed by atoms with Crippen molar-refractivity contribution in [2.75, 3.05) is 5.73 Å². The number of aromatic nitrogens is 1. The van der Waals surface area contributed by atoms with Crippen LogP contribution in [0.3, 0.4) is 0 Å². The first kappa shape index (κ1) is 9.52.